The Morgan fingerprint density at radius 3 is 2.35 bits per heavy atom. The fraction of sp³-hybridized carbons (Fsp3) is 0.333. The van der Waals surface area contributed by atoms with Gasteiger partial charge in [-0.05, 0) is 54.9 Å². The molecule has 4 N–H and O–H groups in total. The van der Waals surface area contributed by atoms with Gasteiger partial charge in [0.15, 0.2) is 0 Å². The molecule has 0 bridgehead atoms. The Labute approximate surface area is 137 Å². The summed E-state index contributed by atoms with van der Waals surface area (Å²) in [6.45, 7) is 1.54. The summed E-state index contributed by atoms with van der Waals surface area (Å²) in [5, 5.41) is 13.1. The summed E-state index contributed by atoms with van der Waals surface area (Å²) in [7, 11) is 1.62. The van der Waals surface area contributed by atoms with Crippen molar-refractivity contribution in [1.82, 2.24) is 5.32 Å². The van der Waals surface area contributed by atoms with E-state index in [1.807, 2.05) is 48.5 Å². The number of ether oxygens (including phenoxy) is 2. The zero-order valence-electron chi connectivity index (χ0n) is 13.4. The summed E-state index contributed by atoms with van der Waals surface area (Å²) in [4.78, 5) is 0. The first-order chi connectivity index (χ1) is 11.2. The first-order valence-electron chi connectivity index (χ1n) is 7.67. The van der Waals surface area contributed by atoms with Crippen LogP contribution >= 0.6 is 0 Å². The molecule has 0 heterocycles. The highest BCUT2D eigenvalue weighted by Crippen LogP contribution is 2.17. The molecule has 23 heavy (non-hydrogen) atoms. The molecule has 0 aliphatic rings. The van der Waals surface area contributed by atoms with E-state index in [4.69, 9.17) is 15.2 Å². The lowest BCUT2D eigenvalue weighted by Gasteiger charge is -2.13. The Morgan fingerprint density at radius 1 is 1.04 bits per heavy atom. The van der Waals surface area contributed by atoms with E-state index in [0.717, 1.165) is 24.4 Å². The maximum atomic E-state index is 9.92. The summed E-state index contributed by atoms with van der Waals surface area (Å²) >= 11 is 0. The number of methoxy groups -OCH3 is 1. The third kappa shape index (κ3) is 6.18. The number of aliphatic hydroxyl groups excluding tert-OH is 1. The molecule has 0 saturated carbocycles. The molecular weight excluding hydrogens is 292 g/mol. The molecule has 1 unspecified atom stereocenters. The van der Waals surface area contributed by atoms with Gasteiger partial charge in [-0.15, -0.1) is 0 Å². The zero-order chi connectivity index (χ0) is 16.5. The van der Waals surface area contributed by atoms with Crippen LogP contribution in [0.4, 0.5) is 5.69 Å². The molecule has 2 aromatic carbocycles. The van der Waals surface area contributed by atoms with Crippen LogP contribution in [-0.2, 0) is 6.42 Å². The normalized spacial score (nSPS) is 11.9. The topological polar surface area (TPSA) is 76.7 Å². The van der Waals surface area contributed by atoms with Gasteiger partial charge >= 0.3 is 0 Å². The first-order valence-corrected chi connectivity index (χ1v) is 7.67. The van der Waals surface area contributed by atoms with Crippen LogP contribution in [0.25, 0.3) is 0 Å². The average Bonchev–Trinajstić information content (AvgIpc) is 2.59. The van der Waals surface area contributed by atoms with Gasteiger partial charge in [-0.1, -0.05) is 12.1 Å². The first kappa shape index (κ1) is 17.1. The molecule has 0 aliphatic heterocycles. The molecule has 5 heteroatoms. The van der Waals surface area contributed by atoms with Gasteiger partial charge in [0.05, 0.1) is 7.11 Å². The third-order valence-electron chi connectivity index (χ3n) is 3.45. The number of hydrogen-bond acceptors (Lipinski definition) is 5. The number of nitrogens with one attached hydrogen (secondary N) is 1. The largest absolute Gasteiger partial charge is 0.497 e. The minimum absolute atomic E-state index is 0.251. The van der Waals surface area contributed by atoms with Gasteiger partial charge in [-0.3, -0.25) is 0 Å². The quantitative estimate of drug-likeness (QED) is 0.486. The van der Waals surface area contributed by atoms with Gasteiger partial charge in [0.2, 0.25) is 0 Å². The van der Waals surface area contributed by atoms with Gasteiger partial charge in [0.25, 0.3) is 0 Å². The lowest BCUT2D eigenvalue weighted by atomic mass is 10.1. The number of anilines is 1. The Hall–Kier alpha value is -2.24. The number of hydrogen-bond donors (Lipinski definition) is 3. The van der Waals surface area contributed by atoms with E-state index in [2.05, 4.69) is 5.32 Å². The summed E-state index contributed by atoms with van der Waals surface area (Å²) in [6, 6.07) is 15.1. The van der Waals surface area contributed by atoms with Gasteiger partial charge < -0.3 is 25.6 Å². The van der Waals surface area contributed by atoms with Crippen LogP contribution in [0.5, 0.6) is 11.5 Å². The maximum Gasteiger partial charge on any atom is 0.119 e. The fourth-order valence-corrected chi connectivity index (χ4v) is 2.11. The molecule has 0 saturated heterocycles. The monoisotopic (exact) mass is 316 g/mol. The second kappa shape index (κ2) is 9.02. The fourth-order valence-electron chi connectivity index (χ4n) is 2.11. The lowest BCUT2D eigenvalue weighted by Crippen LogP contribution is -2.32. The second-order valence-corrected chi connectivity index (χ2v) is 5.34. The van der Waals surface area contributed by atoms with E-state index >= 15 is 0 Å². The molecule has 1 atom stereocenters. The highest BCUT2D eigenvalue weighted by Gasteiger charge is 2.05. The second-order valence-electron chi connectivity index (χ2n) is 5.34. The lowest BCUT2D eigenvalue weighted by molar-refractivity contribution is 0.106. The molecule has 2 aromatic rings. The molecule has 0 aromatic heterocycles. The van der Waals surface area contributed by atoms with Crippen LogP contribution in [0, 0.1) is 0 Å². The summed E-state index contributed by atoms with van der Waals surface area (Å²) in [5.41, 5.74) is 7.64. The number of benzene rings is 2. The molecule has 0 aliphatic carbocycles. The van der Waals surface area contributed by atoms with Crippen LogP contribution in [0.3, 0.4) is 0 Å². The summed E-state index contributed by atoms with van der Waals surface area (Å²) in [5.74, 6) is 1.49. The van der Waals surface area contributed by atoms with Crippen molar-refractivity contribution in [1.29, 1.82) is 0 Å². The van der Waals surface area contributed by atoms with E-state index in [-0.39, 0.29) is 6.61 Å². The van der Waals surface area contributed by atoms with E-state index in [1.165, 1.54) is 5.56 Å². The average molecular weight is 316 g/mol. The van der Waals surface area contributed by atoms with Gasteiger partial charge in [0.1, 0.15) is 24.2 Å². The van der Waals surface area contributed by atoms with Crippen molar-refractivity contribution in [2.45, 2.75) is 12.5 Å². The van der Waals surface area contributed by atoms with E-state index < -0.39 is 6.10 Å². The van der Waals surface area contributed by atoms with Crippen LogP contribution in [0.15, 0.2) is 48.5 Å². The standard InChI is InChI=1S/C18H24N2O3/c1-22-17-6-8-18(9-7-17)23-13-16(21)12-20-11-10-14-2-4-15(19)5-3-14/h2-9,16,20-21H,10-13,19H2,1H3. The smallest absolute Gasteiger partial charge is 0.119 e. The minimum atomic E-state index is -0.552. The SMILES string of the molecule is COc1ccc(OCC(O)CNCCc2ccc(N)cc2)cc1. The van der Waals surface area contributed by atoms with Crippen molar-refractivity contribution in [2.24, 2.45) is 0 Å². The minimum Gasteiger partial charge on any atom is -0.497 e. The summed E-state index contributed by atoms with van der Waals surface area (Å²) in [6.07, 6.45) is 0.343. The van der Waals surface area contributed by atoms with Crippen molar-refractivity contribution in [3.8, 4) is 11.5 Å². The highest BCUT2D eigenvalue weighted by atomic mass is 16.5. The van der Waals surface area contributed by atoms with Crippen LogP contribution in [0.1, 0.15) is 5.56 Å². The predicted octanol–water partition coefficient (Wildman–Crippen LogP) is 1.85. The van der Waals surface area contributed by atoms with E-state index in [1.54, 1.807) is 7.11 Å². The van der Waals surface area contributed by atoms with Gasteiger partial charge in [0, 0.05) is 12.2 Å². The number of rotatable bonds is 9. The van der Waals surface area contributed by atoms with Gasteiger partial charge in [-0.2, -0.15) is 0 Å². The van der Waals surface area contributed by atoms with Crippen LogP contribution in [-0.4, -0.2) is 38.0 Å². The number of nitrogen functional groups attached to an aromatic ring is 1. The highest BCUT2D eigenvalue weighted by molar-refractivity contribution is 5.39. The Morgan fingerprint density at radius 2 is 1.70 bits per heavy atom. The third-order valence-corrected chi connectivity index (χ3v) is 3.45. The van der Waals surface area contributed by atoms with Crippen LogP contribution < -0.4 is 20.5 Å². The molecule has 0 radical (unpaired) electrons. The Bertz CT molecular complexity index is 570. The molecule has 0 amide bonds. The van der Waals surface area contributed by atoms with Crippen molar-refractivity contribution in [3.63, 3.8) is 0 Å². The number of aliphatic hydroxyl groups is 1. The summed E-state index contributed by atoms with van der Waals surface area (Å²) < 4.78 is 10.6. The van der Waals surface area contributed by atoms with E-state index in [0.29, 0.717) is 12.3 Å². The molecule has 2 rings (SSSR count). The zero-order valence-corrected chi connectivity index (χ0v) is 13.4. The predicted molar refractivity (Wildman–Crippen MR) is 91.9 cm³/mol. The van der Waals surface area contributed by atoms with Crippen molar-refractivity contribution < 1.29 is 14.6 Å². The Kier molecular flexibility index (Phi) is 6.72. The molecule has 5 nitrogen and oxygen atoms in total. The molecule has 0 fully saturated rings. The van der Waals surface area contributed by atoms with Crippen molar-refractivity contribution in [2.75, 3.05) is 32.5 Å². The van der Waals surface area contributed by atoms with Crippen molar-refractivity contribution >= 4 is 5.69 Å². The van der Waals surface area contributed by atoms with Gasteiger partial charge in [-0.25, -0.2) is 0 Å². The molecule has 0 spiro atoms. The van der Waals surface area contributed by atoms with Crippen LogP contribution in [0.2, 0.25) is 0 Å². The maximum absolute atomic E-state index is 9.92. The molecule has 124 valence electrons. The van der Waals surface area contributed by atoms with E-state index in [9.17, 15) is 5.11 Å². The Balaban J connectivity index is 1.60. The molecular formula is C18H24N2O3. The number of nitrogens with two attached hydrogens (primary N) is 1. The van der Waals surface area contributed by atoms with Crippen molar-refractivity contribution in [3.05, 3.63) is 54.1 Å².